The molecule has 5 nitrogen and oxygen atoms in total. The van der Waals surface area contributed by atoms with E-state index in [-0.39, 0.29) is 30.3 Å². The Kier molecular flexibility index (Phi) is 4.64. The van der Waals surface area contributed by atoms with Crippen LogP contribution in [0.1, 0.15) is 19.3 Å². The number of rotatable bonds is 4. The minimum absolute atomic E-state index is 0.0282. The first-order valence-electron chi connectivity index (χ1n) is 7.59. The van der Waals surface area contributed by atoms with Crippen molar-refractivity contribution in [3.63, 3.8) is 0 Å². The Morgan fingerprint density at radius 1 is 1.36 bits per heavy atom. The Labute approximate surface area is 134 Å². The second-order valence-electron chi connectivity index (χ2n) is 5.76. The molecule has 0 bridgehead atoms. The van der Waals surface area contributed by atoms with E-state index in [1.165, 1.54) is 0 Å². The van der Waals surface area contributed by atoms with Crippen LogP contribution in [0.25, 0.3) is 0 Å². The van der Waals surface area contributed by atoms with Gasteiger partial charge in [-0.15, -0.1) is 0 Å². The van der Waals surface area contributed by atoms with E-state index < -0.39 is 0 Å². The van der Waals surface area contributed by atoms with Crippen molar-refractivity contribution in [3.8, 4) is 0 Å². The molecule has 0 aromatic heterocycles. The molecule has 0 saturated carbocycles. The fraction of sp³-hybridized carbons (Fsp3) is 0.500. The third-order valence-corrected chi connectivity index (χ3v) is 4.41. The molecular weight excluding hydrogens is 304 g/mol. The largest absolute Gasteiger partial charge is 0.376 e. The number of carbonyl (C=O) groups excluding carboxylic acids is 2. The summed E-state index contributed by atoms with van der Waals surface area (Å²) in [6.45, 7) is 1.72. The van der Waals surface area contributed by atoms with Crippen LogP contribution < -0.4 is 10.2 Å². The molecule has 22 heavy (non-hydrogen) atoms. The van der Waals surface area contributed by atoms with Gasteiger partial charge in [0.05, 0.1) is 12.0 Å². The molecule has 1 N–H and O–H groups in total. The zero-order valence-electron chi connectivity index (χ0n) is 12.3. The van der Waals surface area contributed by atoms with Gasteiger partial charge in [-0.2, -0.15) is 0 Å². The third-order valence-electron chi connectivity index (χ3n) is 4.16. The minimum atomic E-state index is -0.301. The summed E-state index contributed by atoms with van der Waals surface area (Å²) >= 11 is 5.86. The second-order valence-corrected chi connectivity index (χ2v) is 6.20. The second kappa shape index (κ2) is 6.67. The molecule has 3 rings (SSSR count). The molecule has 2 amide bonds. The van der Waals surface area contributed by atoms with Crippen molar-refractivity contribution in [3.05, 3.63) is 29.3 Å². The van der Waals surface area contributed by atoms with Crippen molar-refractivity contribution in [2.45, 2.75) is 25.4 Å². The van der Waals surface area contributed by atoms with E-state index in [4.69, 9.17) is 16.3 Å². The quantitative estimate of drug-likeness (QED) is 0.922. The van der Waals surface area contributed by atoms with Crippen molar-refractivity contribution in [1.82, 2.24) is 5.32 Å². The number of nitrogens with zero attached hydrogens (tertiary/aromatic N) is 1. The van der Waals surface area contributed by atoms with Crippen molar-refractivity contribution < 1.29 is 14.3 Å². The monoisotopic (exact) mass is 322 g/mol. The van der Waals surface area contributed by atoms with E-state index in [1.807, 2.05) is 0 Å². The van der Waals surface area contributed by atoms with Gasteiger partial charge in [0.25, 0.3) is 0 Å². The normalized spacial score (nSPS) is 24.8. The number of halogens is 1. The molecule has 1 aromatic carbocycles. The lowest BCUT2D eigenvalue weighted by Gasteiger charge is -2.17. The van der Waals surface area contributed by atoms with E-state index in [1.54, 1.807) is 29.2 Å². The molecule has 2 aliphatic heterocycles. The highest BCUT2D eigenvalue weighted by molar-refractivity contribution is 6.30. The van der Waals surface area contributed by atoms with Crippen molar-refractivity contribution in [1.29, 1.82) is 0 Å². The Morgan fingerprint density at radius 2 is 2.14 bits per heavy atom. The van der Waals surface area contributed by atoms with Crippen LogP contribution >= 0.6 is 11.6 Å². The highest BCUT2D eigenvalue weighted by Gasteiger charge is 2.35. The predicted octanol–water partition coefficient (Wildman–Crippen LogP) is 1.99. The van der Waals surface area contributed by atoms with E-state index in [9.17, 15) is 9.59 Å². The first-order chi connectivity index (χ1) is 10.6. The van der Waals surface area contributed by atoms with Crippen LogP contribution in [0.3, 0.4) is 0 Å². The smallest absolute Gasteiger partial charge is 0.227 e. The molecule has 0 aliphatic carbocycles. The van der Waals surface area contributed by atoms with Gasteiger partial charge >= 0.3 is 0 Å². The lowest BCUT2D eigenvalue weighted by atomic mass is 10.1. The zero-order chi connectivity index (χ0) is 15.5. The molecule has 2 saturated heterocycles. The van der Waals surface area contributed by atoms with Crippen LogP contribution in [-0.2, 0) is 14.3 Å². The fourth-order valence-electron chi connectivity index (χ4n) is 2.92. The predicted molar refractivity (Wildman–Crippen MR) is 83.9 cm³/mol. The first-order valence-corrected chi connectivity index (χ1v) is 7.96. The summed E-state index contributed by atoms with van der Waals surface area (Å²) in [6.07, 6.45) is 2.40. The fourth-order valence-corrected chi connectivity index (χ4v) is 3.04. The lowest BCUT2D eigenvalue weighted by Crippen LogP contribution is -2.37. The molecule has 6 heteroatoms. The zero-order valence-corrected chi connectivity index (χ0v) is 13.0. The number of amides is 2. The molecule has 0 unspecified atom stereocenters. The first kappa shape index (κ1) is 15.3. The maximum atomic E-state index is 12.2. The summed E-state index contributed by atoms with van der Waals surface area (Å²) in [6, 6.07) is 7.09. The van der Waals surface area contributed by atoms with Gasteiger partial charge in [-0.05, 0) is 37.1 Å². The molecule has 2 heterocycles. The SMILES string of the molecule is O=C(NC[C@@H]1CCCO1)[C@H]1CC(=O)N(c2ccc(Cl)cc2)C1. The summed E-state index contributed by atoms with van der Waals surface area (Å²) < 4.78 is 5.48. The van der Waals surface area contributed by atoms with Crippen LogP contribution in [0.4, 0.5) is 5.69 Å². The maximum absolute atomic E-state index is 12.2. The number of hydrogen-bond acceptors (Lipinski definition) is 3. The highest BCUT2D eigenvalue weighted by atomic mass is 35.5. The summed E-state index contributed by atoms with van der Waals surface area (Å²) in [5.74, 6) is -0.399. The average molecular weight is 323 g/mol. The number of ether oxygens (including phenoxy) is 1. The Morgan fingerprint density at radius 3 is 2.82 bits per heavy atom. The molecule has 2 atom stereocenters. The van der Waals surface area contributed by atoms with Gasteiger partial charge in [0.15, 0.2) is 0 Å². The van der Waals surface area contributed by atoms with Gasteiger partial charge in [0.2, 0.25) is 11.8 Å². The van der Waals surface area contributed by atoms with Crippen LogP contribution in [0, 0.1) is 5.92 Å². The van der Waals surface area contributed by atoms with Gasteiger partial charge in [0, 0.05) is 36.8 Å². The summed E-state index contributed by atoms with van der Waals surface area (Å²) in [4.78, 5) is 26.0. The van der Waals surface area contributed by atoms with E-state index >= 15 is 0 Å². The van der Waals surface area contributed by atoms with Crippen molar-refractivity contribution in [2.24, 2.45) is 5.92 Å². The van der Waals surface area contributed by atoms with E-state index in [2.05, 4.69) is 5.32 Å². The number of hydrogen-bond donors (Lipinski definition) is 1. The Hall–Kier alpha value is -1.59. The molecule has 2 fully saturated rings. The molecule has 1 aromatic rings. The molecular formula is C16H19ClN2O3. The van der Waals surface area contributed by atoms with Crippen LogP contribution in [-0.4, -0.2) is 37.6 Å². The molecule has 0 spiro atoms. The lowest BCUT2D eigenvalue weighted by molar-refractivity contribution is -0.126. The van der Waals surface area contributed by atoms with E-state index in [0.29, 0.717) is 18.1 Å². The topological polar surface area (TPSA) is 58.6 Å². The van der Waals surface area contributed by atoms with Crippen molar-refractivity contribution >= 4 is 29.1 Å². The third kappa shape index (κ3) is 3.42. The number of carbonyl (C=O) groups is 2. The molecule has 118 valence electrons. The van der Waals surface area contributed by atoms with Gasteiger partial charge < -0.3 is 15.0 Å². The van der Waals surface area contributed by atoms with Crippen LogP contribution in [0.15, 0.2) is 24.3 Å². The number of nitrogens with one attached hydrogen (secondary N) is 1. The van der Waals surface area contributed by atoms with Gasteiger partial charge in [-0.25, -0.2) is 0 Å². The van der Waals surface area contributed by atoms with E-state index in [0.717, 1.165) is 25.1 Å². The van der Waals surface area contributed by atoms with Gasteiger partial charge in [-0.3, -0.25) is 9.59 Å². The summed E-state index contributed by atoms with van der Waals surface area (Å²) in [7, 11) is 0. The average Bonchev–Trinajstić information content (AvgIpc) is 3.15. The van der Waals surface area contributed by atoms with Crippen LogP contribution in [0.5, 0.6) is 0 Å². The standard InChI is InChI=1S/C16H19ClN2O3/c17-12-3-5-13(6-4-12)19-10-11(8-15(19)20)16(21)18-9-14-2-1-7-22-14/h3-6,11,14H,1-2,7-10H2,(H,18,21)/t11-,14-/m0/s1. The van der Waals surface area contributed by atoms with Gasteiger partial charge in [-0.1, -0.05) is 11.6 Å². The minimum Gasteiger partial charge on any atom is -0.376 e. The number of anilines is 1. The maximum Gasteiger partial charge on any atom is 0.227 e. The summed E-state index contributed by atoms with van der Waals surface area (Å²) in [5, 5.41) is 3.53. The molecule has 0 radical (unpaired) electrons. The molecule has 2 aliphatic rings. The van der Waals surface area contributed by atoms with Gasteiger partial charge in [0.1, 0.15) is 0 Å². The van der Waals surface area contributed by atoms with Crippen molar-refractivity contribution in [2.75, 3.05) is 24.6 Å². The highest BCUT2D eigenvalue weighted by Crippen LogP contribution is 2.26. The Bertz CT molecular complexity index is 555. The summed E-state index contributed by atoms with van der Waals surface area (Å²) in [5.41, 5.74) is 0.781. The number of benzene rings is 1. The van der Waals surface area contributed by atoms with Crippen LogP contribution in [0.2, 0.25) is 5.02 Å². The Balaban J connectivity index is 1.56.